The summed E-state index contributed by atoms with van der Waals surface area (Å²) in [7, 11) is 0. The first-order valence-electron chi connectivity index (χ1n) is 9.42. The van der Waals surface area contributed by atoms with Crippen LogP contribution in [0, 0.1) is 0 Å². The highest BCUT2D eigenvalue weighted by atomic mass is 32.1. The summed E-state index contributed by atoms with van der Waals surface area (Å²) >= 11 is 1.57. The molecule has 3 aromatic rings. The molecule has 2 aromatic heterocycles. The second-order valence-corrected chi connectivity index (χ2v) is 7.76. The van der Waals surface area contributed by atoms with Crippen molar-refractivity contribution in [3.05, 3.63) is 82.4 Å². The smallest absolute Gasteiger partial charge is 0.191 e. The van der Waals surface area contributed by atoms with Crippen molar-refractivity contribution in [2.24, 2.45) is 4.99 Å². The predicted molar refractivity (Wildman–Crippen MR) is 115 cm³/mol. The van der Waals surface area contributed by atoms with Crippen LogP contribution in [0.25, 0.3) is 0 Å². The molecule has 0 aliphatic heterocycles. The fourth-order valence-corrected chi connectivity index (χ4v) is 3.62. The first kappa shape index (κ1) is 20.2. The third kappa shape index (κ3) is 5.71. The molecule has 148 valence electrons. The molecule has 0 amide bonds. The fourth-order valence-electron chi connectivity index (χ4n) is 2.84. The minimum atomic E-state index is -1.01. The van der Waals surface area contributed by atoms with Gasteiger partial charge >= 0.3 is 0 Å². The van der Waals surface area contributed by atoms with Crippen molar-refractivity contribution >= 4 is 17.3 Å². The van der Waals surface area contributed by atoms with E-state index in [4.69, 9.17) is 4.42 Å². The maximum Gasteiger partial charge on any atom is 0.191 e. The van der Waals surface area contributed by atoms with Crippen molar-refractivity contribution in [1.29, 1.82) is 0 Å². The summed E-state index contributed by atoms with van der Waals surface area (Å²) in [5, 5.41) is 21.5. The van der Waals surface area contributed by atoms with Gasteiger partial charge in [0.05, 0.1) is 18.8 Å². The molecule has 0 aliphatic rings. The number of aliphatic hydroxyl groups is 1. The minimum absolute atomic E-state index is 0.0853. The number of furan rings is 1. The summed E-state index contributed by atoms with van der Waals surface area (Å²) < 4.78 is 5.39. The Labute approximate surface area is 170 Å². The van der Waals surface area contributed by atoms with Crippen LogP contribution >= 0.6 is 11.3 Å². The Morgan fingerprint density at radius 3 is 2.71 bits per heavy atom. The zero-order chi connectivity index (χ0) is 19.8. The number of nitrogens with one attached hydrogen (secondary N) is 2. The Morgan fingerprint density at radius 1 is 1.21 bits per heavy atom. The van der Waals surface area contributed by atoms with Crippen LogP contribution < -0.4 is 10.6 Å². The van der Waals surface area contributed by atoms with E-state index < -0.39 is 5.60 Å². The Balaban J connectivity index is 1.67. The topological polar surface area (TPSA) is 69.8 Å². The normalized spacial score (nSPS) is 15.0. The number of nitrogens with zero attached hydrogens (tertiary/aromatic N) is 1. The summed E-state index contributed by atoms with van der Waals surface area (Å²) in [6, 6.07) is 16.1. The van der Waals surface area contributed by atoms with Crippen molar-refractivity contribution in [3.63, 3.8) is 0 Å². The number of rotatable bonds is 8. The van der Waals surface area contributed by atoms with Gasteiger partial charge in [-0.15, -0.1) is 0 Å². The molecule has 0 fully saturated rings. The quantitative estimate of drug-likeness (QED) is 0.396. The van der Waals surface area contributed by atoms with E-state index in [1.54, 1.807) is 24.5 Å². The van der Waals surface area contributed by atoms with Crippen molar-refractivity contribution in [2.45, 2.75) is 31.9 Å². The molecule has 3 N–H and O–H groups in total. The van der Waals surface area contributed by atoms with E-state index in [0.717, 1.165) is 17.7 Å². The third-order valence-electron chi connectivity index (χ3n) is 4.58. The molecule has 0 spiro atoms. The monoisotopic (exact) mass is 397 g/mol. The molecule has 3 rings (SSSR count). The lowest BCUT2D eigenvalue weighted by Gasteiger charge is -2.23. The van der Waals surface area contributed by atoms with Crippen molar-refractivity contribution in [1.82, 2.24) is 10.6 Å². The van der Waals surface area contributed by atoms with Crippen LogP contribution in [0.4, 0.5) is 0 Å². The summed E-state index contributed by atoms with van der Waals surface area (Å²) in [6.07, 6.45) is 2.44. The summed E-state index contributed by atoms with van der Waals surface area (Å²) in [6.45, 7) is 4.83. The average Bonchev–Trinajstić information content (AvgIpc) is 3.41. The van der Waals surface area contributed by atoms with Gasteiger partial charge in [-0.05, 0) is 53.9 Å². The van der Waals surface area contributed by atoms with Crippen LogP contribution in [0.15, 0.2) is 75.0 Å². The number of benzene rings is 1. The van der Waals surface area contributed by atoms with Crippen LogP contribution in [0.2, 0.25) is 0 Å². The van der Waals surface area contributed by atoms with E-state index in [0.29, 0.717) is 12.5 Å². The first-order chi connectivity index (χ1) is 13.5. The van der Waals surface area contributed by atoms with Gasteiger partial charge in [-0.2, -0.15) is 11.3 Å². The van der Waals surface area contributed by atoms with Gasteiger partial charge < -0.3 is 20.2 Å². The van der Waals surface area contributed by atoms with Gasteiger partial charge in [0.15, 0.2) is 5.96 Å². The molecule has 6 heteroatoms. The van der Waals surface area contributed by atoms with Gasteiger partial charge in [0.1, 0.15) is 11.4 Å². The molecule has 0 aliphatic carbocycles. The molecule has 0 saturated heterocycles. The highest BCUT2D eigenvalue weighted by Gasteiger charge is 2.23. The van der Waals surface area contributed by atoms with E-state index in [2.05, 4.69) is 34.7 Å². The minimum Gasteiger partial charge on any atom is -0.469 e. The third-order valence-corrected chi connectivity index (χ3v) is 5.27. The highest BCUT2D eigenvalue weighted by Crippen LogP contribution is 2.23. The van der Waals surface area contributed by atoms with Crippen LogP contribution in [0.3, 0.4) is 0 Å². The largest absolute Gasteiger partial charge is 0.469 e. The van der Waals surface area contributed by atoms with Gasteiger partial charge in [-0.25, -0.2) is 4.99 Å². The molecule has 1 aromatic carbocycles. The van der Waals surface area contributed by atoms with Gasteiger partial charge in [0.2, 0.25) is 0 Å². The SMILES string of the molecule is CC(NC(=NCC(C)(O)c1ccsc1)NCCc1ccco1)c1ccccc1. The zero-order valence-electron chi connectivity index (χ0n) is 16.3. The Morgan fingerprint density at radius 2 is 2.04 bits per heavy atom. The number of guanidine groups is 1. The standard InChI is InChI=1S/C22H27N3O2S/c1-17(18-7-4-3-5-8-18)25-21(23-12-10-20-9-6-13-27-20)24-16-22(2,26)19-11-14-28-15-19/h3-9,11,13-15,17,26H,10,12,16H2,1-2H3,(H2,23,24,25). The zero-order valence-corrected chi connectivity index (χ0v) is 17.1. The first-order valence-corrected chi connectivity index (χ1v) is 10.4. The lowest BCUT2D eigenvalue weighted by molar-refractivity contribution is 0.0677. The summed E-state index contributed by atoms with van der Waals surface area (Å²) in [4.78, 5) is 4.65. The number of thiophene rings is 1. The van der Waals surface area contributed by atoms with E-state index in [9.17, 15) is 5.11 Å². The van der Waals surface area contributed by atoms with Gasteiger partial charge in [0, 0.05) is 13.0 Å². The van der Waals surface area contributed by atoms with E-state index >= 15 is 0 Å². The molecule has 2 atom stereocenters. The Hall–Kier alpha value is -2.57. The van der Waals surface area contributed by atoms with E-state index in [-0.39, 0.29) is 12.6 Å². The van der Waals surface area contributed by atoms with Crippen LogP contribution in [0.1, 0.15) is 36.8 Å². The fraction of sp³-hybridized carbons (Fsp3) is 0.318. The molecule has 2 unspecified atom stereocenters. The van der Waals surface area contributed by atoms with Crippen LogP contribution in [-0.2, 0) is 12.0 Å². The molecule has 28 heavy (non-hydrogen) atoms. The average molecular weight is 398 g/mol. The highest BCUT2D eigenvalue weighted by molar-refractivity contribution is 7.08. The molecule has 0 saturated carbocycles. The summed E-state index contributed by atoms with van der Waals surface area (Å²) in [5.41, 5.74) is 1.05. The van der Waals surface area contributed by atoms with Gasteiger partial charge in [-0.1, -0.05) is 30.3 Å². The van der Waals surface area contributed by atoms with Crippen LogP contribution in [-0.4, -0.2) is 24.2 Å². The number of aliphatic imine (C=N–C) groups is 1. The molecule has 5 nitrogen and oxygen atoms in total. The van der Waals surface area contributed by atoms with Crippen molar-refractivity contribution in [2.75, 3.05) is 13.1 Å². The molecular formula is C22H27N3O2S. The van der Waals surface area contributed by atoms with Crippen LogP contribution in [0.5, 0.6) is 0 Å². The van der Waals surface area contributed by atoms with Crippen molar-refractivity contribution in [3.8, 4) is 0 Å². The predicted octanol–water partition coefficient (Wildman–Crippen LogP) is 4.09. The lowest BCUT2D eigenvalue weighted by Crippen LogP contribution is -2.41. The molecule has 2 heterocycles. The van der Waals surface area contributed by atoms with E-state index in [1.807, 2.05) is 47.2 Å². The second-order valence-electron chi connectivity index (χ2n) is 6.98. The second kappa shape index (κ2) is 9.57. The van der Waals surface area contributed by atoms with Gasteiger partial charge in [0.25, 0.3) is 0 Å². The maximum absolute atomic E-state index is 10.8. The Bertz CT molecular complexity index is 843. The maximum atomic E-state index is 10.8. The van der Waals surface area contributed by atoms with Gasteiger partial charge in [-0.3, -0.25) is 0 Å². The summed E-state index contributed by atoms with van der Waals surface area (Å²) in [5.74, 6) is 1.59. The molecular weight excluding hydrogens is 370 g/mol. The number of hydrogen-bond acceptors (Lipinski definition) is 4. The Kier molecular flexibility index (Phi) is 6.90. The molecule has 0 radical (unpaired) electrons. The number of hydrogen-bond donors (Lipinski definition) is 3. The molecule has 0 bridgehead atoms. The lowest BCUT2D eigenvalue weighted by atomic mass is 10.00. The van der Waals surface area contributed by atoms with Crippen molar-refractivity contribution < 1.29 is 9.52 Å². The van der Waals surface area contributed by atoms with E-state index in [1.165, 1.54) is 5.56 Å².